The van der Waals surface area contributed by atoms with Gasteiger partial charge in [0, 0.05) is 11.5 Å². The summed E-state index contributed by atoms with van der Waals surface area (Å²) in [5.41, 5.74) is 1.47. The summed E-state index contributed by atoms with van der Waals surface area (Å²) < 4.78 is 5.30. The molecule has 2 aliphatic heterocycles. The number of amides is 1. The average Bonchev–Trinajstić information content (AvgIpc) is 2.98. The normalized spacial score (nSPS) is 24.3. The molecule has 22 heavy (non-hydrogen) atoms. The lowest BCUT2D eigenvalue weighted by Crippen LogP contribution is -2.64. The first-order chi connectivity index (χ1) is 10.5. The van der Waals surface area contributed by atoms with Gasteiger partial charge in [-0.15, -0.1) is 11.8 Å². The highest BCUT2D eigenvalue weighted by Crippen LogP contribution is 2.41. The summed E-state index contributed by atoms with van der Waals surface area (Å²) in [6.07, 6.45) is 1.00. The van der Waals surface area contributed by atoms with Gasteiger partial charge in [0.05, 0.1) is 5.69 Å². The molecule has 3 rings (SSSR count). The van der Waals surface area contributed by atoms with Gasteiger partial charge in [0.2, 0.25) is 0 Å². The van der Waals surface area contributed by atoms with Gasteiger partial charge < -0.3 is 14.6 Å². The van der Waals surface area contributed by atoms with Crippen LogP contribution in [-0.4, -0.2) is 55.0 Å². The summed E-state index contributed by atoms with van der Waals surface area (Å²) in [5, 5.41) is 19.2. The number of aromatic nitrogens is 1. The number of hydrogen-bond acceptors (Lipinski definition) is 7. The summed E-state index contributed by atoms with van der Waals surface area (Å²) in [6, 6.07) is 0. The van der Waals surface area contributed by atoms with E-state index in [0.29, 0.717) is 22.2 Å². The number of carboxylic acid groups (broad SMARTS) is 1. The van der Waals surface area contributed by atoms with E-state index in [1.807, 2.05) is 6.92 Å². The average molecular weight is 342 g/mol. The SMILES string of the molecule is CCc1ncoc1SCC1=C(C(=O)O)N2C(=O)[C@@H](O)[C@H]2SC1. The Hall–Kier alpha value is -1.45. The minimum absolute atomic E-state index is 0.0101. The molecule has 1 fully saturated rings. The van der Waals surface area contributed by atoms with Crippen LogP contribution in [0.2, 0.25) is 0 Å². The van der Waals surface area contributed by atoms with Crippen molar-refractivity contribution < 1.29 is 24.2 Å². The van der Waals surface area contributed by atoms with Gasteiger partial charge in [0.25, 0.3) is 5.91 Å². The molecular weight excluding hydrogens is 328 g/mol. The molecule has 2 atom stereocenters. The molecule has 1 saturated heterocycles. The number of fused-ring (bicyclic) bond motifs is 1. The monoisotopic (exact) mass is 342 g/mol. The van der Waals surface area contributed by atoms with Crippen LogP contribution >= 0.6 is 23.5 Å². The number of aliphatic hydroxyl groups is 1. The van der Waals surface area contributed by atoms with E-state index >= 15 is 0 Å². The molecule has 2 N–H and O–H groups in total. The van der Waals surface area contributed by atoms with Crippen LogP contribution in [0.15, 0.2) is 27.2 Å². The van der Waals surface area contributed by atoms with Crippen molar-refractivity contribution in [3.8, 4) is 0 Å². The van der Waals surface area contributed by atoms with Crippen molar-refractivity contribution in [2.24, 2.45) is 0 Å². The molecule has 0 saturated carbocycles. The summed E-state index contributed by atoms with van der Waals surface area (Å²) in [5.74, 6) is -0.820. The zero-order chi connectivity index (χ0) is 15.9. The Balaban J connectivity index is 1.81. The van der Waals surface area contributed by atoms with Crippen molar-refractivity contribution >= 4 is 35.4 Å². The molecule has 1 aromatic rings. The van der Waals surface area contributed by atoms with Gasteiger partial charge in [-0.05, 0) is 12.0 Å². The van der Waals surface area contributed by atoms with Gasteiger partial charge in [0.1, 0.15) is 11.1 Å². The highest BCUT2D eigenvalue weighted by molar-refractivity contribution is 8.01. The fourth-order valence-electron chi connectivity index (χ4n) is 2.41. The van der Waals surface area contributed by atoms with E-state index in [9.17, 15) is 19.8 Å². The number of oxazole rings is 1. The molecule has 2 aliphatic rings. The van der Waals surface area contributed by atoms with Gasteiger partial charge in [0.15, 0.2) is 17.6 Å². The van der Waals surface area contributed by atoms with Crippen LogP contribution in [0.25, 0.3) is 0 Å². The Bertz CT molecular complexity index is 657. The molecule has 1 aromatic heterocycles. The van der Waals surface area contributed by atoms with Gasteiger partial charge in [-0.1, -0.05) is 18.7 Å². The van der Waals surface area contributed by atoms with Crippen LogP contribution < -0.4 is 0 Å². The Morgan fingerprint density at radius 1 is 1.64 bits per heavy atom. The zero-order valence-electron chi connectivity index (χ0n) is 11.7. The minimum atomic E-state index is -1.14. The number of hydrogen-bond donors (Lipinski definition) is 2. The number of aliphatic carboxylic acids is 1. The van der Waals surface area contributed by atoms with E-state index in [1.54, 1.807) is 0 Å². The molecule has 9 heteroatoms. The minimum Gasteiger partial charge on any atom is -0.477 e. The highest BCUT2D eigenvalue weighted by Gasteiger charge is 2.52. The molecule has 7 nitrogen and oxygen atoms in total. The van der Waals surface area contributed by atoms with Gasteiger partial charge in [-0.2, -0.15) is 0 Å². The van der Waals surface area contributed by atoms with Crippen LogP contribution in [0.1, 0.15) is 12.6 Å². The Kier molecular flexibility index (Phi) is 4.20. The molecule has 0 spiro atoms. The van der Waals surface area contributed by atoms with Crippen molar-refractivity contribution in [1.29, 1.82) is 0 Å². The van der Waals surface area contributed by atoms with Gasteiger partial charge >= 0.3 is 5.97 Å². The molecule has 3 heterocycles. The lowest BCUT2D eigenvalue weighted by atomic mass is 10.1. The second kappa shape index (κ2) is 5.98. The largest absolute Gasteiger partial charge is 0.477 e. The number of carboxylic acids is 1. The second-order valence-electron chi connectivity index (χ2n) is 4.84. The summed E-state index contributed by atoms with van der Waals surface area (Å²) in [7, 11) is 0. The number of nitrogens with zero attached hydrogens (tertiary/aromatic N) is 2. The Morgan fingerprint density at radius 3 is 3.09 bits per heavy atom. The summed E-state index contributed by atoms with van der Waals surface area (Å²) in [4.78, 5) is 28.5. The number of β-lactam (4-membered cyclic amide) rings is 1. The van der Waals surface area contributed by atoms with Crippen LogP contribution in [0.5, 0.6) is 0 Å². The van der Waals surface area contributed by atoms with Crippen LogP contribution in [0.3, 0.4) is 0 Å². The van der Waals surface area contributed by atoms with Crippen LogP contribution in [-0.2, 0) is 16.0 Å². The van der Waals surface area contributed by atoms with Crippen molar-refractivity contribution in [1.82, 2.24) is 9.88 Å². The van der Waals surface area contributed by atoms with E-state index in [1.165, 1.54) is 34.8 Å². The maximum absolute atomic E-state index is 11.7. The van der Waals surface area contributed by atoms with Crippen molar-refractivity contribution in [2.75, 3.05) is 11.5 Å². The first-order valence-electron chi connectivity index (χ1n) is 6.67. The second-order valence-corrected chi connectivity index (χ2v) is 6.89. The maximum atomic E-state index is 11.7. The fraction of sp³-hybridized carbons (Fsp3) is 0.462. The molecular formula is C13H14N2O5S2. The molecule has 118 valence electrons. The van der Waals surface area contributed by atoms with Crippen molar-refractivity contribution in [2.45, 2.75) is 29.9 Å². The number of carbonyl (C=O) groups excluding carboxylic acids is 1. The third kappa shape index (κ3) is 2.42. The summed E-state index contributed by atoms with van der Waals surface area (Å²) in [6.45, 7) is 1.96. The topological polar surface area (TPSA) is 104 Å². The van der Waals surface area contributed by atoms with E-state index in [2.05, 4.69) is 4.98 Å². The zero-order valence-corrected chi connectivity index (χ0v) is 13.3. The quantitative estimate of drug-likeness (QED) is 0.602. The lowest BCUT2D eigenvalue weighted by molar-refractivity contribution is -0.159. The van der Waals surface area contributed by atoms with E-state index < -0.39 is 23.4 Å². The van der Waals surface area contributed by atoms with Crippen LogP contribution in [0, 0.1) is 0 Å². The number of aliphatic hydroxyl groups excluding tert-OH is 1. The predicted molar refractivity (Wildman–Crippen MR) is 80.4 cm³/mol. The molecule has 0 aromatic carbocycles. The summed E-state index contributed by atoms with van der Waals surface area (Å²) >= 11 is 2.75. The first-order valence-corrected chi connectivity index (χ1v) is 8.71. The number of aryl methyl sites for hydroxylation is 1. The third-order valence-electron chi connectivity index (χ3n) is 3.54. The Labute approximate surface area is 134 Å². The van der Waals surface area contributed by atoms with E-state index in [-0.39, 0.29) is 5.70 Å². The molecule has 1 amide bonds. The smallest absolute Gasteiger partial charge is 0.352 e. The first kappa shape index (κ1) is 15.4. The maximum Gasteiger partial charge on any atom is 0.352 e. The third-order valence-corrected chi connectivity index (χ3v) is 5.95. The van der Waals surface area contributed by atoms with E-state index in [0.717, 1.165) is 12.1 Å². The number of thioether (sulfide) groups is 2. The Morgan fingerprint density at radius 2 is 2.41 bits per heavy atom. The standard InChI is InChI=1S/C13H14N2O5S2/c1-2-7-13(20-5-14-7)22-4-6-3-21-11-9(16)10(17)15(11)8(6)12(18)19/h5,9,11,16H,2-4H2,1H3,(H,18,19)/t9-,11-/m1/s1. The molecule has 0 radical (unpaired) electrons. The van der Waals surface area contributed by atoms with Crippen molar-refractivity contribution in [3.05, 3.63) is 23.4 Å². The van der Waals surface area contributed by atoms with Crippen LogP contribution in [0.4, 0.5) is 0 Å². The predicted octanol–water partition coefficient (Wildman–Crippen LogP) is 0.944. The molecule has 0 unspecified atom stereocenters. The lowest BCUT2D eigenvalue weighted by Gasteiger charge is -2.47. The molecule has 0 aliphatic carbocycles. The van der Waals surface area contributed by atoms with E-state index in [4.69, 9.17) is 4.42 Å². The van der Waals surface area contributed by atoms with Gasteiger partial charge in [-0.3, -0.25) is 9.69 Å². The number of carbonyl (C=O) groups is 2. The van der Waals surface area contributed by atoms with Crippen molar-refractivity contribution in [3.63, 3.8) is 0 Å². The number of rotatable bonds is 5. The highest BCUT2D eigenvalue weighted by atomic mass is 32.2. The molecule has 0 bridgehead atoms. The van der Waals surface area contributed by atoms with Gasteiger partial charge in [-0.25, -0.2) is 9.78 Å². The fourth-order valence-corrected chi connectivity index (χ4v) is 4.82.